The molecule has 0 unspecified atom stereocenters. The van der Waals surface area contributed by atoms with E-state index in [2.05, 4.69) is 5.32 Å². The second-order valence-electron chi connectivity index (χ2n) is 4.41. The van der Waals surface area contributed by atoms with Crippen molar-refractivity contribution in [2.45, 2.75) is 32.1 Å². The first-order valence-corrected chi connectivity index (χ1v) is 6.42. The van der Waals surface area contributed by atoms with Gasteiger partial charge >= 0.3 is 5.97 Å². The molecule has 0 aromatic heterocycles. The number of carbonyl (C=O) groups is 2. The highest BCUT2D eigenvalue weighted by atomic mass is 19.2. The molecule has 0 aliphatic heterocycles. The van der Waals surface area contributed by atoms with Gasteiger partial charge in [0.15, 0.2) is 11.6 Å². The van der Waals surface area contributed by atoms with E-state index < -0.39 is 17.6 Å². The predicted molar refractivity (Wildman–Crippen MR) is 69.2 cm³/mol. The van der Waals surface area contributed by atoms with Crippen LogP contribution in [0.5, 0.6) is 0 Å². The molecule has 0 spiro atoms. The number of aryl methyl sites for hydroxylation is 1. The summed E-state index contributed by atoms with van der Waals surface area (Å²) in [6.07, 6.45) is 1.34. The second kappa shape index (κ2) is 8.24. The zero-order chi connectivity index (χ0) is 15.0. The Morgan fingerprint density at radius 3 is 2.60 bits per heavy atom. The van der Waals surface area contributed by atoms with E-state index in [0.29, 0.717) is 19.4 Å². The van der Waals surface area contributed by atoms with Gasteiger partial charge in [-0.1, -0.05) is 12.1 Å². The normalized spacial score (nSPS) is 10.3. The maximum absolute atomic E-state index is 13.3. The first-order valence-electron chi connectivity index (χ1n) is 6.42. The molecular weight excluding hydrogens is 268 g/mol. The van der Waals surface area contributed by atoms with E-state index >= 15 is 0 Å². The number of aliphatic carboxylic acids is 1. The molecular formula is C14H17F2NO3. The maximum atomic E-state index is 13.3. The molecule has 6 heteroatoms. The third kappa shape index (κ3) is 5.77. The average Bonchev–Trinajstić information content (AvgIpc) is 2.39. The fourth-order valence-electron chi connectivity index (χ4n) is 1.71. The summed E-state index contributed by atoms with van der Waals surface area (Å²) in [6.45, 7) is 0.387. The van der Waals surface area contributed by atoms with Crippen molar-refractivity contribution in [3.05, 3.63) is 35.4 Å². The molecule has 0 aliphatic rings. The molecule has 1 rings (SSSR count). The summed E-state index contributed by atoms with van der Waals surface area (Å²) >= 11 is 0. The summed E-state index contributed by atoms with van der Waals surface area (Å²) in [5, 5.41) is 11.0. The molecule has 0 saturated carbocycles. The van der Waals surface area contributed by atoms with Crippen LogP contribution < -0.4 is 5.32 Å². The van der Waals surface area contributed by atoms with Gasteiger partial charge in [-0.2, -0.15) is 0 Å². The van der Waals surface area contributed by atoms with E-state index in [-0.39, 0.29) is 30.7 Å². The van der Waals surface area contributed by atoms with Gasteiger partial charge in [-0.25, -0.2) is 8.78 Å². The van der Waals surface area contributed by atoms with Gasteiger partial charge in [0.05, 0.1) is 0 Å². The van der Waals surface area contributed by atoms with Crippen LogP contribution in [0.15, 0.2) is 18.2 Å². The van der Waals surface area contributed by atoms with Crippen molar-refractivity contribution in [2.75, 3.05) is 6.54 Å². The lowest BCUT2D eigenvalue weighted by Gasteiger charge is -2.06. The minimum atomic E-state index is -0.920. The van der Waals surface area contributed by atoms with E-state index in [0.717, 1.165) is 6.07 Å². The fraction of sp³-hybridized carbons (Fsp3) is 0.429. The van der Waals surface area contributed by atoms with Gasteiger partial charge in [0.2, 0.25) is 5.91 Å². The lowest BCUT2D eigenvalue weighted by molar-refractivity contribution is -0.137. The van der Waals surface area contributed by atoms with Gasteiger partial charge in [-0.05, 0) is 30.9 Å². The van der Waals surface area contributed by atoms with E-state index in [1.807, 2.05) is 0 Å². The molecule has 1 aromatic rings. The molecule has 0 fully saturated rings. The highest BCUT2D eigenvalue weighted by molar-refractivity contribution is 5.76. The largest absolute Gasteiger partial charge is 0.481 e. The van der Waals surface area contributed by atoms with Gasteiger partial charge in [0, 0.05) is 19.4 Å². The Labute approximate surface area is 115 Å². The van der Waals surface area contributed by atoms with Crippen LogP contribution in [0.2, 0.25) is 0 Å². The van der Waals surface area contributed by atoms with Crippen molar-refractivity contribution in [1.29, 1.82) is 0 Å². The Kier molecular flexibility index (Phi) is 6.63. The second-order valence-corrected chi connectivity index (χ2v) is 4.41. The van der Waals surface area contributed by atoms with Crippen molar-refractivity contribution < 1.29 is 23.5 Å². The Morgan fingerprint density at radius 2 is 1.90 bits per heavy atom. The van der Waals surface area contributed by atoms with Crippen LogP contribution in [0, 0.1) is 11.6 Å². The number of benzene rings is 1. The lowest BCUT2D eigenvalue weighted by Crippen LogP contribution is -2.24. The van der Waals surface area contributed by atoms with Crippen LogP contribution in [0.1, 0.15) is 31.2 Å². The Hall–Kier alpha value is -1.98. The molecule has 2 N–H and O–H groups in total. The molecule has 0 saturated heterocycles. The third-order valence-electron chi connectivity index (χ3n) is 2.79. The molecule has 20 heavy (non-hydrogen) atoms. The van der Waals surface area contributed by atoms with Crippen molar-refractivity contribution in [3.63, 3.8) is 0 Å². The summed E-state index contributed by atoms with van der Waals surface area (Å²) < 4.78 is 26.3. The number of carboxylic acid groups (broad SMARTS) is 1. The number of unbranched alkanes of at least 4 members (excludes halogenated alkanes) is 1. The SMILES string of the molecule is O=C(O)CCCCNC(=O)CCc1cccc(F)c1F. The third-order valence-corrected chi connectivity index (χ3v) is 2.79. The van der Waals surface area contributed by atoms with Crippen molar-refractivity contribution in [2.24, 2.45) is 0 Å². The number of carbonyl (C=O) groups excluding carboxylic acids is 1. The van der Waals surface area contributed by atoms with Gasteiger partial charge in [-0.3, -0.25) is 9.59 Å². The molecule has 110 valence electrons. The average molecular weight is 285 g/mol. The Balaban J connectivity index is 2.23. The summed E-state index contributed by atoms with van der Waals surface area (Å²) in [5.41, 5.74) is 0.172. The van der Waals surface area contributed by atoms with E-state index in [4.69, 9.17) is 5.11 Å². The highest BCUT2D eigenvalue weighted by Gasteiger charge is 2.09. The number of nitrogens with one attached hydrogen (secondary N) is 1. The van der Waals surface area contributed by atoms with E-state index in [1.54, 1.807) is 0 Å². The molecule has 4 nitrogen and oxygen atoms in total. The standard InChI is InChI=1S/C14H17F2NO3/c15-11-5-3-4-10(14(11)16)7-8-12(18)17-9-2-1-6-13(19)20/h3-5H,1-2,6-9H2,(H,17,18)(H,19,20). The fourth-order valence-corrected chi connectivity index (χ4v) is 1.71. The molecule has 0 aliphatic carbocycles. The first-order chi connectivity index (χ1) is 9.50. The number of halogens is 2. The maximum Gasteiger partial charge on any atom is 0.303 e. The van der Waals surface area contributed by atoms with Crippen molar-refractivity contribution >= 4 is 11.9 Å². The van der Waals surface area contributed by atoms with Crippen LogP contribution in [-0.2, 0) is 16.0 Å². The Morgan fingerprint density at radius 1 is 1.15 bits per heavy atom. The van der Waals surface area contributed by atoms with Crippen LogP contribution in [-0.4, -0.2) is 23.5 Å². The first kappa shape index (κ1) is 16.1. The van der Waals surface area contributed by atoms with Crippen molar-refractivity contribution in [3.8, 4) is 0 Å². The van der Waals surface area contributed by atoms with Crippen LogP contribution in [0.25, 0.3) is 0 Å². The lowest BCUT2D eigenvalue weighted by atomic mass is 10.1. The van der Waals surface area contributed by atoms with Gasteiger partial charge in [0.1, 0.15) is 0 Å². The molecule has 1 amide bonds. The zero-order valence-corrected chi connectivity index (χ0v) is 11.0. The minimum absolute atomic E-state index is 0.0688. The molecule has 0 atom stereocenters. The molecule has 0 radical (unpaired) electrons. The quantitative estimate of drug-likeness (QED) is 0.720. The van der Waals surface area contributed by atoms with Crippen LogP contribution in [0.4, 0.5) is 8.78 Å². The predicted octanol–water partition coefficient (Wildman–Crippen LogP) is 2.27. The van der Waals surface area contributed by atoms with Crippen LogP contribution >= 0.6 is 0 Å². The van der Waals surface area contributed by atoms with Gasteiger partial charge in [-0.15, -0.1) is 0 Å². The van der Waals surface area contributed by atoms with E-state index in [9.17, 15) is 18.4 Å². The van der Waals surface area contributed by atoms with Gasteiger partial charge < -0.3 is 10.4 Å². The minimum Gasteiger partial charge on any atom is -0.481 e. The highest BCUT2D eigenvalue weighted by Crippen LogP contribution is 2.13. The van der Waals surface area contributed by atoms with Crippen molar-refractivity contribution in [1.82, 2.24) is 5.32 Å². The smallest absolute Gasteiger partial charge is 0.303 e. The number of rotatable bonds is 8. The number of amides is 1. The number of carboxylic acids is 1. The molecule has 0 heterocycles. The summed E-state index contributed by atoms with van der Waals surface area (Å²) in [5.74, 6) is -2.96. The summed E-state index contributed by atoms with van der Waals surface area (Å²) in [7, 11) is 0. The van der Waals surface area contributed by atoms with Crippen LogP contribution in [0.3, 0.4) is 0 Å². The number of hydrogen-bond donors (Lipinski definition) is 2. The zero-order valence-electron chi connectivity index (χ0n) is 11.0. The monoisotopic (exact) mass is 285 g/mol. The van der Waals surface area contributed by atoms with Gasteiger partial charge in [0.25, 0.3) is 0 Å². The number of hydrogen-bond acceptors (Lipinski definition) is 2. The Bertz CT molecular complexity index is 477. The topological polar surface area (TPSA) is 66.4 Å². The van der Waals surface area contributed by atoms with E-state index in [1.165, 1.54) is 12.1 Å². The molecule has 0 bridgehead atoms. The summed E-state index contributed by atoms with van der Waals surface area (Å²) in [6, 6.07) is 3.87. The summed E-state index contributed by atoms with van der Waals surface area (Å²) in [4.78, 5) is 21.7. The molecule has 1 aromatic carbocycles.